The Balaban J connectivity index is 2.41. The van der Waals surface area contributed by atoms with E-state index in [0.29, 0.717) is 37.8 Å². The number of nitro groups is 1. The molecule has 2 rings (SSSR count). The van der Waals surface area contributed by atoms with Crippen LogP contribution < -0.4 is 4.90 Å². The third-order valence-corrected chi connectivity index (χ3v) is 2.65. The molecule has 16 heavy (non-hydrogen) atoms. The van der Waals surface area contributed by atoms with E-state index >= 15 is 0 Å². The molecule has 0 unspecified atom stereocenters. The van der Waals surface area contributed by atoms with Gasteiger partial charge in [-0.1, -0.05) is 0 Å². The quantitative estimate of drug-likeness (QED) is 0.541. The number of anilines is 1. The second-order valence-electron chi connectivity index (χ2n) is 3.74. The lowest BCUT2D eigenvalue weighted by Crippen LogP contribution is -2.37. The first kappa shape index (κ1) is 10.9. The topological polar surface area (TPSA) is 73.4 Å². The molecule has 7 heteroatoms. The van der Waals surface area contributed by atoms with Gasteiger partial charge in [0, 0.05) is 20.1 Å². The van der Waals surface area contributed by atoms with E-state index in [0.717, 1.165) is 0 Å². The molecule has 1 aromatic rings. The van der Waals surface area contributed by atoms with Gasteiger partial charge in [-0.25, -0.2) is 4.68 Å². The highest BCUT2D eigenvalue weighted by Gasteiger charge is 2.29. The van der Waals surface area contributed by atoms with E-state index in [9.17, 15) is 10.1 Å². The first-order chi connectivity index (χ1) is 7.61. The SMILES string of the molecule is Cc1nn(C)c(N2CCOCC2)c1[N+](=O)[O-]. The van der Waals surface area contributed by atoms with Gasteiger partial charge in [0.05, 0.1) is 18.1 Å². The van der Waals surface area contributed by atoms with Crippen LogP contribution >= 0.6 is 0 Å². The van der Waals surface area contributed by atoms with Gasteiger partial charge in [0.25, 0.3) is 0 Å². The monoisotopic (exact) mass is 226 g/mol. The first-order valence-corrected chi connectivity index (χ1v) is 5.12. The van der Waals surface area contributed by atoms with Gasteiger partial charge in [-0.05, 0) is 6.92 Å². The summed E-state index contributed by atoms with van der Waals surface area (Å²) in [4.78, 5) is 12.6. The molecule has 0 saturated carbocycles. The Morgan fingerprint density at radius 3 is 2.62 bits per heavy atom. The van der Waals surface area contributed by atoms with Gasteiger partial charge >= 0.3 is 5.69 Å². The summed E-state index contributed by atoms with van der Waals surface area (Å²) in [5, 5.41) is 15.1. The Bertz CT molecular complexity index is 409. The molecular formula is C9H14N4O3. The minimum Gasteiger partial charge on any atom is -0.378 e. The van der Waals surface area contributed by atoms with Crippen LogP contribution in [0, 0.1) is 17.0 Å². The molecular weight excluding hydrogens is 212 g/mol. The highest BCUT2D eigenvalue weighted by Crippen LogP contribution is 2.31. The van der Waals surface area contributed by atoms with Crippen molar-refractivity contribution in [3.8, 4) is 0 Å². The number of hydrogen-bond acceptors (Lipinski definition) is 5. The Hall–Kier alpha value is -1.63. The van der Waals surface area contributed by atoms with Crippen molar-refractivity contribution >= 4 is 11.5 Å². The maximum absolute atomic E-state index is 11.0. The maximum atomic E-state index is 11.0. The minimum atomic E-state index is -0.368. The smallest absolute Gasteiger partial charge is 0.333 e. The van der Waals surface area contributed by atoms with Crippen LogP contribution in [0.3, 0.4) is 0 Å². The fourth-order valence-electron chi connectivity index (χ4n) is 1.98. The number of morpholine rings is 1. The highest BCUT2D eigenvalue weighted by atomic mass is 16.6. The summed E-state index contributed by atoms with van der Waals surface area (Å²) in [5.41, 5.74) is 0.554. The average Bonchev–Trinajstić information content (AvgIpc) is 2.55. The summed E-state index contributed by atoms with van der Waals surface area (Å²) >= 11 is 0. The van der Waals surface area contributed by atoms with Gasteiger partial charge in [0.15, 0.2) is 0 Å². The summed E-state index contributed by atoms with van der Waals surface area (Å²) in [7, 11) is 1.73. The third-order valence-electron chi connectivity index (χ3n) is 2.65. The molecule has 0 N–H and O–H groups in total. The van der Waals surface area contributed by atoms with Crippen molar-refractivity contribution < 1.29 is 9.66 Å². The van der Waals surface area contributed by atoms with Crippen molar-refractivity contribution in [2.45, 2.75) is 6.92 Å². The van der Waals surface area contributed by atoms with Crippen molar-refractivity contribution in [1.82, 2.24) is 9.78 Å². The minimum absolute atomic E-state index is 0.101. The number of aryl methyl sites for hydroxylation is 2. The lowest BCUT2D eigenvalue weighted by molar-refractivity contribution is -0.384. The molecule has 0 atom stereocenters. The van der Waals surface area contributed by atoms with E-state index in [1.807, 2.05) is 4.90 Å². The molecule has 0 radical (unpaired) electrons. The molecule has 1 saturated heterocycles. The van der Waals surface area contributed by atoms with E-state index in [2.05, 4.69) is 5.10 Å². The van der Waals surface area contributed by atoms with Crippen LogP contribution in [-0.4, -0.2) is 41.0 Å². The van der Waals surface area contributed by atoms with Crippen molar-refractivity contribution in [3.63, 3.8) is 0 Å². The van der Waals surface area contributed by atoms with Gasteiger partial charge in [0.2, 0.25) is 5.82 Å². The van der Waals surface area contributed by atoms with Crippen LogP contribution in [0.4, 0.5) is 11.5 Å². The number of aromatic nitrogens is 2. The predicted octanol–water partition coefficient (Wildman–Crippen LogP) is 0.473. The number of ether oxygens (including phenoxy) is 1. The number of rotatable bonds is 2. The molecule has 1 fully saturated rings. The number of hydrogen-bond donors (Lipinski definition) is 0. The van der Waals surface area contributed by atoms with Crippen molar-refractivity contribution in [3.05, 3.63) is 15.8 Å². The fraction of sp³-hybridized carbons (Fsp3) is 0.667. The molecule has 0 amide bonds. The lowest BCUT2D eigenvalue weighted by atomic mass is 10.3. The van der Waals surface area contributed by atoms with E-state index in [1.54, 1.807) is 18.7 Å². The van der Waals surface area contributed by atoms with Crippen molar-refractivity contribution in [2.75, 3.05) is 31.2 Å². The molecule has 0 aliphatic carbocycles. The van der Waals surface area contributed by atoms with Gasteiger partial charge in [0.1, 0.15) is 5.69 Å². The van der Waals surface area contributed by atoms with Gasteiger partial charge in [-0.15, -0.1) is 0 Å². The summed E-state index contributed by atoms with van der Waals surface area (Å²) in [5.74, 6) is 0.575. The average molecular weight is 226 g/mol. The second-order valence-corrected chi connectivity index (χ2v) is 3.74. The fourth-order valence-corrected chi connectivity index (χ4v) is 1.98. The maximum Gasteiger partial charge on any atom is 0.333 e. The zero-order valence-electron chi connectivity index (χ0n) is 9.34. The molecule has 7 nitrogen and oxygen atoms in total. The zero-order valence-corrected chi connectivity index (χ0v) is 9.34. The molecule has 88 valence electrons. The van der Waals surface area contributed by atoms with Crippen LogP contribution in [-0.2, 0) is 11.8 Å². The molecule has 0 spiro atoms. The molecule has 1 aliphatic heterocycles. The van der Waals surface area contributed by atoms with E-state index < -0.39 is 0 Å². The van der Waals surface area contributed by atoms with Gasteiger partial charge in [-0.3, -0.25) is 10.1 Å². The standard InChI is InChI=1S/C9H14N4O3/c1-7-8(13(14)15)9(11(2)10-7)12-3-5-16-6-4-12/h3-6H2,1-2H3. The largest absolute Gasteiger partial charge is 0.378 e. The summed E-state index contributed by atoms with van der Waals surface area (Å²) < 4.78 is 6.80. The third kappa shape index (κ3) is 1.73. The summed E-state index contributed by atoms with van der Waals surface area (Å²) in [6.07, 6.45) is 0. The Morgan fingerprint density at radius 2 is 2.06 bits per heavy atom. The van der Waals surface area contributed by atoms with E-state index in [1.165, 1.54) is 0 Å². The Kier molecular flexibility index (Phi) is 2.78. The predicted molar refractivity (Wildman–Crippen MR) is 57.6 cm³/mol. The normalized spacial score (nSPS) is 16.5. The first-order valence-electron chi connectivity index (χ1n) is 5.12. The van der Waals surface area contributed by atoms with Crippen molar-refractivity contribution in [2.24, 2.45) is 7.05 Å². The Morgan fingerprint density at radius 1 is 1.44 bits per heavy atom. The Labute approximate surface area is 92.7 Å². The zero-order chi connectivity index (χ0) is 11.7. The highest BCUT2D eigenvalue weighted by molar-refractivity contribution is 5.61. The molecule has 0 aromatic carbocycles. The van der Waals surface area contributed by atoms with Crippen LogP contribution in [0.5, 0.6) is 0 Å². The molecule has 1 aliphatic rings. The van der Waals surface area contributed by atoms with Crippen molar-refractivity contribution in [1.29, 1.82) is 0 Å². The van der Waals surface area contributed by atoms with Crippen LogP contribution in [0.2, 0.25) is 0 Å². The summed E-state index contributed by atoms with van der Waals surface area (Å²) in [6, 6.07) is 0. The molecule has 1 aromatic heterocycles. The van der Waals surface area contributed by atoms with Crippen LogP contribution in [0.25, 0.3) is 0 Å². The molecule has 0 bridgehead atoms. The summed E-state index contributed by atoms with van der Waals surface area (Å²) in [6.45, 7) is 4.18. The molecule has 2 heterocycles. The van der Waals surface area contributed by atoms with E-state index in [-0.39, 0.29) is 10.6 Å². The van der Waals surface area contributed by atoms with Crippen LogP contribution in [0.15, 0.2) is 0 Å². The lowest BCUT2D eigenvalue weighted by Gasteiger charge is -2.27. The number of nitrogens with zero attached hydrogens (tertiary/aromatic N) is 4. The second kappa shape index (κ2) is 4.09. The van der Waals surface area contributed by atoms with E-state index in [4.69, 9.17) is 4.74 Å². The van der Waals surface area contributed by atoms with Gasteiger partial charge < -0.3 is 9.64 Å². The van der Waals surface area contributed by atoms with Gasteiger partial charge in [-0.2, -0.15) is 5.10 Å². The van der Waals surface area contributed by atoms with Crippen LogP contribution in [0.1, 0.15) is 5.69 Å².